The zero-order valence-corrected chi connectivity index (χ0v) is 16.6. The summed E-state index contributed by atoms with van der Waals surface area (Å²) in [6.07, 6.45) is 6.17. The van der Waals surface area contributed by atoms with Crippen molar-refractivity contribution in [1.82, 2.24) is 0 Å². The Bertz CT molecular complexity index is 209. The molecule has 0 aromatic heterocycles. The van der Waals surface area contributed by atoms with Crippen molar-refractivity contribution in [2.24, 2.45) is 5.92 Å². The molecule has 0 aliphatic carbocycles. The van der Waals surface area contributed by atoms with E-state index >= 15 is 0 Å². The highest BCUT2D eigenvalue weighted by molar-refractivity contribution is 5.55. The van der Waals surface area contributed by atoms with Gasteiger partial charge in [0.05, 0.1) is 0 Å². The first-order chi connectivity index (χ1) is 11.1. The minimum Gasteiger partial charge on any atom is -0.356 e. The monoisotopic (exact) mass is 336 g/mol. The number of aldehydes is 1. The lowest BCUT2D eigenvalue weighted by molar-refractivity contribution is -0.127. The number of hydrogen-bond donors (Lipinski definition) is 0. The highest BCUT2D eigenvalue weighted by atomic mass is 19.1. The van der Waals surface area contributed by atoms with Crippen LogP contribution in [-0.2, 0) is 14.3 Å². The van der Waals surface area contributed by atoms with Crippen molar-refractivity contribution in [3.63, 3.8) is 0 Å². The van der Waals surface area contributed by atoms with Gasteiger partial charge in [0.25, 0.3) is 0 Å². The van der Waals surface area contributed by atoms with Crippen molar-refractivity contribution < 1.29 is 18.7 Å². The first-order valence-electron chi connectivity index (χ1n) is 9.33. The molecule has 0 aromatic rings. The summed E-state index contributed by atoms with van der Waals surface area (Å²) in [5, 5.41) is 0. The van der Waals surface area contributed by atoms with Gasteiger partial charge in [-0.1, -0.05) is 67.2 Å². The van der Waals surface area contributed by atoms with E-state index in [1.165, 1.54) is 25.7 Å². The Kier molecular flexibility index (Phi) is 28.3. The Labute approximate surface area is 144 Å². The molecule has 3 unspecified atom stereocenters. The van der Waals surface area contributed by atoms with Crippen LogP contribution < -0.4 is 0 Å². The third kappa shape index (κ3) is 21.5. The summed E-state index contributed by atoms with van der Waals surface area (Å²) in [5.41, 5.74) is 0. The Balaban J connectivity index is -0.000000373. The summed E-state index contributed by atoms with van der Waals surface area (Å²) >= 11 is 0. The first kappa shape index (κ1) is 27.4. The molecule has 0 fully saturated rings. The molecule has 0 spiro atoms. The number of rotatable bonds is 12. The van der Waals surface area contributed by atoms with Gasteiger partial charge in [0.15, 0.2) is 18.7 Å². The van der Waals surface area contributed by atoms with Crippen LogP contribution in [0.4, 0.5) is 4.39 Å². The van der Waals surface area contributed by atoms with Crippen LogP contribution in [0.1, 0.15) is 86.5 Å². The lowest BCUT2D eigenvalue weighted by Gasteiger charge is -2.17. The van der Waals surface area contributed by atoms with E-state index < -0.39 is 6.17 Å². The molecule has 0 aliphatic heterocycles. The van der Waals surface area contributed by atoms with Gasteiger partial charge in [-0.25, -0.2) is 4.39 Å². The molecule has 0 saturated heterocycles. The van der Waals surface area contributed by atoms with Gasteiger partial charge in [-0.3, -0.25) is 0 Å². The largest absolute Gasteiger partial charge is 0.356 e. The molecular weight excluding hydrogens is 295 g/mol. The normalized spacial score (nSPS) is 13.7. The summed E-state index contributed by atoms with van der Waals surface area (Å²) in [6.45, 7) is 13.3. The van der Waals surface area contributed by atoms with E-state index in [-0.39, 0.29) is 6.29 Å². The van der Waals surface area contributed by atoms with Crippen molar-refractivity contribution in [2.45, 2.75) is 98.9 Å². The second-order valence-corrected chi connectivity index (χ2v) is 5.24. The average Bonchev–Trinajstić information content (AvgIpc) is 2.60. The summed E-state index contributed by atoms with van der Waals surface area (Å²) < 4.78 is 22.5. The maximum absolute atomic E-state index is 11.8. The molecule has 0 rings (SSSR count). The molecule has 0 aromatic carbocycles. The molecular formula is C19H41FO3. The summed E-state index contributed by atoms with van der Waals surface area (Å²) in [6, 6.07) is 0. The van der Waals surface area contributed by atoms with E-state index in [4.69, 9.17) is 9.47 Å². The van der Waals surface area contributed by atoms with Crippen molar-refractivity contribution >= 4 is 6.29 Å². The SMILES string of the molecule is CC.CCCC(CC)CCOC(CC)OC.CCCC(F)C=O. The third-order valence-electron chi connectivity index (χ3n) is 3.41. The van der Waals surface area contributed by atoms with Gasteiger partial charge < -0.3 is 14.3 Å². The van der Waals surface area contributed by atoms with Crippen LogP contribution in [0.25, 0.3) is 0 Å². The van der Waals surface area contributed by atoms with Gasteiger partial charge in [-0.2, -0.15) is 0 Å². The van der Waals surface area contributed by atoms with Crippen molar-refractivity contribution in [3.05, 3.63) is 0 Å². The zero-order valence-electron chi connectivity index (χ0n) is 16.6. The maximum atomic E-state index is 11.8. The minimum absolute atomic E-state index is 0.00543. The fourth-order valence-electron chi connectivity index (χ4n) is 2.02. The molecule has 0 radical (unpaired) electrons. The highest BCUT2D eigenvalue weighted by Gasteiger charge is 2.07. The Hall–Kier alpha value is -0.480. The molecule has 0 saturated carbocycles. The minimum atomic E-state index is -1.23. The van der Waals surface area contributed by atoms with Gasteiger partial charge in [0.2, 0.25) is 0 Å². The van der Waals surface area contributed by atoms with Crippen LogP contribution in [-0.4, -0.2) is 32.5 Å². The number of ether oxygens (including phenoxy) is 2. The third-order valence-corrected chi connectivity index (χ3v) is 3.41. The fourth-order valence-corrected chi connectivity index (χ4v) is 2.02. The molecule has 0 amide bonds. The number of halogens is 1. The maximum Gasteiger partial charge on any atom is 0.156 e. The fraction of sp³-hybridized carbons (Fsp3) is 0.947. The Morgan fingerprint density at radius 1 is 0.957 bits per heavy atom. The second-order valence-electron chi connectivity index (χ2n) is 5.24. The summed E-state index contributed by atoms with van der Waals surface area (Å²) in [4.78, 5) is 9.52. The number of carbonyl (C=O) groups excluding carboxylic acids is 1. The molecule has 4 heteroatoms. The topological polar surface area (TPSA) is 35.5 Å². The smallest absolute Gasteiger partial charge is 0.156 e. The Morgan fingerprint density at radius 2 is 1.52 bits per heavy atom. The number of hydrogen-bond acceptors (Lipinski definition) is 3. The van der Waals surface area contributed by atoms with Crippen LogP contribution in [0.5, 0.6) is 0 Å². The van der Waals surface area contributed by atoms with E-state index in [1.807, 2.05) is 20.8 Å². The summed E-state index contributed by atoms with van der Waals surface area (Å²) in [7, 11) is 1.71. The highest BCUT2D eigenvalue weighted by Crippen LogP contribution is 2.15. The molecule has 0 aliphatic rings. The number of carbonyl (C=O) groups is 1. The van der Waals surface area contributed by atoms with Crippen molar-refractivity contribution in [1.29, 1.82) is 0 Å². The molecule has 23 heavy (non-hydrogen) atoms. The van der Waals surface area contributed by atoms with Crippen LogP contribution in [0, 0.1) is 5.92 Å². The van der Waals surface area contributed by atoms with E-state index in [2.05, 4.69) is 20.8 Å². The predicted octanol–water partition coefficient (Wildman–Crippen LogP) is 5.95. The number of alkyl halides is 1. The van der Waals surface area contributed by atoms with Gasteiger partial charge in [-0.05, 0) is 25.2 Å². The van der Waals surface area contributed by atoms with E-state index in [0.29, 0.717) is 12.7 Å². The first-order valence-corrected chi connectivity index (χ1v) is 9.33. The van der Waals surface area contributed by atoms with E-state index in [1.54, 1.807) is 7.11 Å². The van der Waals surface area contributed by atoms with Crippen molar-refractivity contribution in [3.8, 4) is 0 Å². The molecule has 3 atom stereocenters. The van der Waals surface area contributed by atoms with Gasteiger partial charge >= 0.3 is 0 Å². The molecule has 3 nitrogen and oxygen atoms in total. The summed E-state index contributed by atoms with van der Waals surface area (Å²) in [5.74, 6) is 0.828. The lowest BCUT2D eigenvalue weighted by atomic mass is 9.98. The van der Waals surface area contributed by atoms with Crippen LogP contribution >= 0.6 is 0 Å². The molecule has 0 heterocycles. The Morgan fingerprint density at radius 3 is 1.83 bits per heavy atom. The van der Waals surface area contributed by atoms with Crippen LogP contribution in [0.2, 0.25) is 0 Å². The number of methoxy groups -OCH3 is 1. The van der Waals surface area contributed by atoms with E-state index in [9.17, 15) is 9.18 Å². The quantitative estimate of drug-likeness (QED) is 0.326. The zero-order chi connectivity index (χ0) is 18.5. The molecule has 0 N–H and O–H groups in total. The van der Waals surface area contributed by atoms with E-state index in [0.717, 1.165) is 25.4 Å². The van der Waals surface area contributed by atoms with Gasteiger partial charge in [0.1, 0.15) is 0 Å². The predicted molar refractivity (Wildman–Crippen MR) is 97.6 cm³/mol. The van der Waals surface area contributed by atoms with Crippen LogP contribution in [0.15, 0.2) is 0 Å². The van der Waals surface area contributed by atoms with Crippen LogP contribution in [0.3, 0.4) is 0 Å². The average molecular weight is 337 g/mol. The molecule has 0 bridgehead atoms. The van der Waals surface area contributed by atoms with Crippen molar-refractivity contribution in [2.75, 3.05) is 13.7 Å². The molecule has 142 valence electrons. The van der Waals surface area contributed by atoms with Gasteiger partial charge in [0, 0.05) is 13.7 Å². The standard InChI is InChI=1S/C12H26O2.C5H9FO.C2H6/c1-5-8-11(6-2)9-10-14-12(7-3)13-4;1-2-3-5(6)4-7;1-2/h11-12H,5-10H2,1-4H3;4-5H,2-3H2,1H3;1-2H3. The van der Waals surface area contributed by atoms with Gasteiger partial charge in [-0.15, -0.1) is 0 Å². The second kappa shape index (κ2) is 23.8. The lowest BCUT2D eigenvalue weighted by Crippen LogP contribution is -2.16.